The van der Waals surface area contributed by atoms with E-state index in [-0.39, 0.29) is 5.82 Å². The monoisotopic (exact) mass is 330 g/mol. The fourth-order valence-electron chi connectivity index (χ4n) is 2.11. The van der Waals surface area contributed by atoms with Gasteiger partial charge in [-0.1, -0.05) is 24.3 Å². The third-order valence-electron chi connectivity index (χ3n) is 3.12. The van der Waals surface area contributed by atoms with Crippen molar-refractivity contribution in [1.82, 2.24) is 4.98 Å². The van der Waals surface area contributed by atoms with E-state index >= 15 is 0 Å². The fourth-order valence-corrected chi connectivity index (χ4v) is 2.36. The summed E-state index contributed by atoms with van der Waals surface area (Å²) in [6.45, 7) is 0.607. The van der Waals surface area contributed by atoms with E-state index in [1.807, 2.05) is 36.4 Å². The highest BCUT2D eigenvalue weighted by Crippen LogP contribution is 2.21. The molecule has 0 aliphatic heterocycles. The van der Waals surface area contributed by atoms with Crippen LogP contribution in [0.3, 0.4) is 0 Å². The lowest BCUT2D eigenvalue weighted by Crippen LogP contribution is -2.01. The summed E-state index contributed by atoms with van der Waals surface area (Å²) in [6, 6.07) is 15.0. The first-order valence-electron chi connectivity index (χ1n) is 6.25. The lowest BCUT2D eigenvalue weighted by atomic mass is 10.1. The number of hydrogen-bond acceptors (Lipinski definition) is 2. The van der Waals surface area contributed by atoms with E-state index in [9.17, 15) is 4.39 Å². The summed E-state index contributed by atoms with van der Waals surface area (Å²) >= 11 is 3.15. The number of rotatable bonds is 3. The fraction of sp³-hybridized carbons (Fsp3) is 0.0625. The van der Waals surface area contributed by atoms with Gasteiger partial charge in [0.05, 0.1) is 9.99 Å². The summed E-state index contributed by atoms with van der Waals surface area (Å²) in [7, 11) is 0. The molecule has 0 atom stereocenters. The Hall–Kier alpha value is -1.94. The molecule has 0 saturated carbocycles. The van der Waals surface area contributed by atoms with E-state index < -0.39 is 0 Å². The zero-order chi connectivity index (χ0) is 13.9. The van der Waals surface area contributed by atoms with Crippen LogP contribution >= 0.6 is 15.9 Å². The Kier molecular flexibility index (Phi) is 3.65. The first kappa shape index (κ1) is 13.1. The minimum absolute atomic E-state index is 0.272. The Morgan fingerprint density at radius 3 is 2.80 bits per heavy atom. The number of hydrogen-bond donors (Lipinski definition) is 1. The number of fused-ring (bicyclic) bond motifs is 1. The molecule has 0 unspecified atom stereocenters. The summed E-state index contributed by atoms with van der Waals surface area (Å²) in [4.78, 5) is 4.40. The minimum atomic E-state index is -0.272. The number of aromatic nitrogens is 1. The van der Waals surface area contributed by atoms with Gasteiger partial charge in [-0.3, -0.25) is 4.98 Å². The van der Waals surface area contributed by atoms with Gasteiger partial charge in [-0.25, -0.2) is 4.39 Å². The molecule has 2 aromatic carbocycles. The molecular weight excluding hydrogens is 319 g/mol. The van der Waals surface area contributed by atoms with Gasteiger partial charge in [-0.05, 0) is 45.8 Å². The Morgan fingerprint density at radius 1 is 1.10 bits per heavy atom. The van der Waals surface area contributed by atoms with Crippen LogP contribution in [-0.4, -0.2) is 4.98 Å². The van der Waals surface area contributed by atoms with Crippen molar-refractivity contribution in [3.8, 4) is 0 Å². The lowest BCUT2D eigenvalue weighted by Gasteiger charge is -2.09. The van der Waals surface area contributed by atoms with Crippen LogP contribution in [0.2, 0.25) is 0 Å². The maximum atomic E-state index is 13.5. The zero-order valence-corrected chi connectivity index (χ0v) is 12.2. The van der Waals surface area contributed by atoms with E-state index in [4.69, 9.17) is 0 Å². The Bertz CT molecular complexity index is 753. The molecule has 0 amide bonds. The van der Waals surface area contributed by atoms with Crippen molar-refractivity contribution in [3.05, 3.63) is 70.6 Å². The molecule has 3 aromatic rings. The predicted octanol–water partition coefficient (Wildman–Crippen LogP) is 4.75. The molecule has 0 radical (unpaired) electrons. The first-order chi connectivity index (χ1) is 9.74. The Morgan fingerprint density at radius 2 is 1.95 bits per heavy atom. The average Bonchev–Trinajstić information content (AvgIpc) is 2.48. The molecule has 0 aliphatic rings. The van der Waals surface area contributed by atoms with Crippen molar-refractivity contribution >= 4 is 32.5 Å². The normalized spacial score (nSPS) is 10.7. The molecule has 1 heterocycles. The van der Waals surface area contributed by atoms with Crippen LogP contribution in [0.1, 0.15) is 5.56 Å². The second-order valence-corrected chi connectivity index (χ2v) is 5.33. The molecule has 1 aromatic heterocycles. The van der Waals surface area contributed by atoms with Gasteiger partial charge >= 0.3 is 0 Å². The molecule has 2 nitrogen and oxygen atoms in total. The lowest BCUT2D eigenvalue weighted by molar-refractivity contribution is 0.621. The van der Waals surface area contributed by atoms with Crippen LogP contribution in [0.25, 0.3) is 10.9 Å². The quantitative estimate of drug-likeness (QED) is 0.749. The molecule has 1 N–H and O–H groups in total. The van der Waals surface area contributed by atoms with E-state index in [1.54, 1.807) is 12.3 Å². The third kappa shape index (κ3) is 2.65. The second kappa shape index (κ2) is 5.59. The molecule has 0 saturated heterocycles. The molecule has 0 spiro atoms. The second-order valence-electron chi connectivity index (χ2n) is 4.47. The molecule has 100 valence electrons. The first-order valence-corrected chi connectivity index (χ1v) is 7.05. The largest absolute Gasteiger partial charge is 0.381 e. The highest BCUT2D eigenvalue weighted by atomic mass is 79.9. The molecule has 0 bridgehead atoms. The standard InChI is InChI=1S/C16H12BrFN2/c17-14-7-6-13(9-15(14)18)20-10-12-4-1-3-11-5-2-8-19-16(11)12/h1-9,20H,10H2. The number of pyridine rings is 1. The summed E-state index contributed by atoms with van der Waals surface area (Å²) in [5, 5.41) is 4.33. The summed E-state index contributed by atoms with van der Waals surface area (Å²) in [5.41, 5.74) is 2.81. The van der Waals surface area contributed by atoms with Crippen molar-refractivity contribution in [2.24, 2.45) is 0 Å². The van der Waals surface area contributed by atoms with Gasteiger partial charge in [0.25, 0.3) is 0 Å². The number of benzene rings is 2. The van der Waals surface area contributed by atoms with Crippen molar-refractivity contribution in [2.75, 3.05) is 5.32 Å². The smallest absolute Gasteiger partial charge is 0.139 e. The van der Waals surface area contributed by atoms with Gasteiger partial charge in [0.15, 0.2) is 0 Å². The highest BCUT2D eigenvalue weighted by molar-refractivity contribution is 9.10. The van der Waals surface area contributed by atoms with Crippen molar-refractivity contribution in [2.45, 2.75) is 6.54 Å². The van der Waals surface area contributed by atoms with Crippen LogP contribution < -0.4 is 5.32 Å². The molecule has 20 heavy (non-hydrogen) atoms. The number of anilines is 1. The van der Waals surface area contributed by atoms with Crippen LogP contribution in [0.15, 0.2) is 59.2 Å². The van der Waals surface area contributed by atoms with E-state index in [1.165, 1.54) is 6.07 Å². The summed E-state index contributed by atoms with van der Waals surface area (Å²) < 4.78 is 13.9. The maximum absolute atomic E-state index is 13.5. The topological polar surface area (TPSA) is 24.9 Å². The number of para-hydroxylation sites is 1. The van der Waals surface area contributed by atoms with Crippen LogP contribution in [-0.2, 0) is 6.54 Å². The van der Waals surface area contributed by atoms with E-state index in [2.05, 4.69) is 26.2 Å². The van der Waals surface area contributed by atoms with Crippen molar-refractivity contribution in [1.29, 1.82) is 0 Å². The average molecular weight is 331 g/mol. The van der Waals surface area contributed by atoms with Gasteiger partial charge in [0, 0.05) is 23.8 Å². The van der Waals surface area contributed by atoms with Gasteiger partial charge < -0.3 is 5.32 Å². The van der Waals surface area contributed by atoms with Crippen molar-refractivity contribution < 1.29 is 4.39 Å². The number of halogens is 2. The third-order valence-corrected chi connectivity index (χ3v) is 3.76. The molecular formula is C16H12BrFN2. The minimum Gasteiger partial charge on any atom is -0.381 e. The Labute approximate surface area is 124 Å². The molecule has 0 fully saturated rings. The van der Waals surface area contributed by atoms with Crippen LogP contribution in [0.5, 0.6) is 0 Å². The molecule has 0 aliphatic carbocycles. The predicted molar refractivity (Wildman–Crippen MR) is 83.2 cm³/mol. The van der Waals surface area contributed by atoms with Crippen LogP contribution in [0.4, 0.5) is 10.1 Å². The number of nitrogens with zero attached hydrogens (tertiary/aromatic N) is 1. The Balaban J connectivity index is 1.85. The zero-order valence-electron chi connectivity index (χ0n) is 10.6. The summed E-state index contributed by atoms with van der Waals surface area (Å²) in [6.07, 6.45) is 1.78. The number of nitrogens with one attached hydrogen (secondary N) is 1. The molecule has 4 heteroatoms. The highest BCUT2D eigenvalue weighted by Gasteiger charge is 2.03. The van der Waals surface area contributed by atoms with Crippen LogP contribution in [0, 0.1) is 5.82 Å². The summed E-state index contributed by atoms with van der Waals surface area (Å²) in [5.74, 6) is -0.272. The van der Waals surface area contributed by atoms with E-state index in [0.29, 0.717) is 11.0 Å². The van der Waals surface area contributed by atoms with Gasteiger partial charge in [-0.15, -0.1) is 0 Å². The van der Waals surface area contributed by atoms with Gasteiger partial charge in [-0.2, -0.15) is 0 Å². The van der Waals surface area contributed by atoms with Gasteiger partial charge in [0.2, 0.25) is 0 Å². The van der Waals surface area contributed by atoms with E-state index in [0.717, 1.165) is 22.2 Å². The SMILES string of the molecule is Fc1cc(NCc2cccc3cccnc23)ccc1Br. The maximum Gasteiger partial charge on any atom is 0.139 e. The van der Waals surface area contributed by atoms with Gasteiger partial charge in [0.1, 0.15) is 5.82 Å². The van der Waals surface area contributed by atoms with Crippen molar-refractivity contribution in [3.63, 3.8) is 0 Å². The molecule has 3 rings (SSSR count).